The van der Waals surface area contributed by atoms with Crippen LogP contribution in [0.2, 0.25) is 0 Å². The van der Waals surface area contributed by atoms with Gasteiger partial charge in [-0.2, -0.15) is 0 Å². The van der Waals surface area contributed by atoms with Crippen LogP contribution in [0.3, 0.4) is 0 Å². The Kier molecular flexibility index (Phi) is 5.29. The van der Waals surface area contributed by atoms with E-state index in [0.717, 1.165) is 17.9 Å². The van der Waals surface area contributed by atoms with Gasteiger partial charge >= 0.3 is 0 Å². The van der Waals surface area contributed by atoms with Crippen molar-refractivity contribution in [3.63, 3.8) is 0 Å². The standard InChI is InChI=1S/C19H24BrN/c20-18(15-8-4-2-1-3-5-9-15)14-17-13-12-16-10-6-7-11-19(16)21-17/h6-7,10-13,15,18H,1-5,8-9,14H2. The van der Waals surface area contributed by atoms with Gasteiger partial charge in [0.2, 0.25) is 0 Å². The van der Waals surface area contributed by atoms with Crippen molar-refractivity contribution in [3.05, 3.63) is 42.1 Å². The number of alkyl halides is 1. The molecule has 1 aliphatic rings. The average Bonchev–Trinajstić information content (AvgIpc) is 2.46. The number of hydrogen-bond acceptors (Lipinski definition) is 1. The molecule has 0 radical (unpaired) electrons. The minimum absolute atomic E-state index is 0.573. The fourth-order valence-electron chi connectivity index (χ4n) is 3.44. The van der Waals surface area contributed by atoms with Crippen molar-refractivity contribution in [2.75, 3.05) is 0 Å². The Labute approximate surface area is 136 Å². The zero-order chi connectivity index (χ0) is 14.5. The molecule has 1 saturated carbocycles. The molecule has 1 atom stereocenters. The van der Waals surface area contributed by atoms with Crippen LogP contribution in [0.5, 0.6) is 0 Å². The lowest BCUT2D eigenvalue weighted by Crippen LogP contribution is -2.19. The van der Waals surface area contributed by atoms with E-state index in [1.54, 1.807) is 0 Å². The first-order valence-corrected chi connectivity index (χ1v) is 9.23. The summed E-state index contributed by atoms with van der Waals surface area (Å²) in [6, 6.07) is 12.8. The van der Waals surface area contributed by atoms with E-state index >= 15 is 0 Å². The van der Waals surface area contributed by atoms with Crippen LogP contribution in [-0.4, -0.2) is 9.81 Å². The number of para-hydroxylation sites is 1. The second-order valence-electron chi connectivity index (χ2n) is 6.32. The molecule has 112 valence electrons. The van der Waals surface area contributed by atoms with Crippen molar-refractivity contribution in [1.82, 2.24) is 4.98 Å². The second kappa shape index (κ2) is 7.40. The molecular formula is C19H24BrN. The van der Waals surface area contributed by atoms with E-state index in [1.165, 1.54) is 56.0 Å². The van der Waals surface area contributed by atoms with E-state index < -0.39 is 0 Å². The molecule has 0 aliphatic heterocycles. The number of pyridine rings is 1. The number of nitrogens with zero attached hydrogens (tertiary/aromatic N) is 1. The highest BCUT2D eigenvalue weighted by Gasteiger charge is 2.20. The number of hydrogen-bond donors (Lipinski definition) is 0. The first-order chi connectivity index (χ1) is 10.3. The van der Waals surface area contributed by atoms with Crippen LogP contribution in [0.15, 0.2) is 36.4 Å². The summed E-state index contributed by atoms with van der Waals surface area (Å²) in [5.74, 6) is 0.818. The highest BCUT2D eigenvalue weighted by molar-refractivity contribution is 9.09. The molecule has 1 aromatic heterocycles. The fraction of sp³-hybridized carbons (Fsp3) is 0.526. The molecule has 21 heavy (non-hydrogen) atoms. The van der Waals surface area contributed by atoms with Crippen LogP contribution >= 0.6 is 15.9 Å². The highest BCUT2D eigenvalue weighted by atomic mass is 79.9. The Morgan fingerprint density at radius 3 is 2.48 bits per heavy atom. The molecule has 2 heteroatoms. The van der Waals surface area contributed by atoms with Crippen molar-refractivity contribution in [3.8, 4) is 0 Å². The van der Waals surface area contributed by atoms with Crippen LogP contribution in [0.25, 0.3) is 10.9 Å². The predicted molar refractivity (Wildman–Crippen MR) is 94.0 cm³/mol. The molecule has 0 saturated heterocycles. The predicted octanol–water partition coefficient (Wildman–Crippen LogP) is 5.90. The molecule has 0 amide bonds. The quantitative estimate of drug-likeness (QED) is 0.631. The van der Waals surface area contributed by atoms with Crippen molar-refractivity contribution < 1.29 is 0 Å². The monoisotopic (exact) mass is 345 g/mol. The molecular weight excluding hydrogens is 322 g/mol. The van der Waals surface area contributed by atoms with Gasteiger partial charge in [0.05, 0.1) is 5.52 Å². The zero-order valence-corrected chi connectivity index (χ0v) is 14.2. The lowest BCUT2D eigenvalue weighted by molar-refractivity contribution is 0.369. The van der Waals surface area contributed by atoms with E-state index in [-0.39, 0.29) is 0 Å². The fourth-order valence-corrected chi connectivity index (χ4v) is 4.30. The van der Waals surface area contributed by atoms with E-state index in [0.29, 0.717) is 4.83 Å². The zero-order valence-electron chi connectivity index (χ0n) is 12.6. The van der Waals surface area contributed by atoms with E-state index in [2.05, 4.69) is 52.3 Å². The molecule has 0 spiro atoms. The van der Waals surface area contributed by atoms with Gasteiger partial charge in [-0.1, -0.05) is 72.3 Å². The summed E-state index contributed by atoms with van der Waals surface area (Å²) in [5, 5.41) is 1.23. The van der Waals surface area contributed by atoms with E-state index in [1.807, 2.05) is 0 Å². The van der Waals surface area contributed by atoms with Crippen LogP contribution in [0, 0.1) is 5.92 Å². The Morgan fingerprint density at radius 1 is 0.952 bits per heavy atom. The molecule has 1 unspecified atom stereocenters. The summed E-state index contributed by atoms with van der Waals surface area (Å²) in [4.78, 5) is 5.40. The molecule has 1 fully saturated rings. The third kappa shape index (κ3) is 4.06. The summed E-state index contributed by atoms with van der Waals surface area (Å²) in [6.07, 6.45) is 10.9. The number of halogens is 1. The van der Waals surface area contributed by atoms with Gasteiger partial charge in [-0.15, -0.1) is 0 Å². The summed E-state index contributed by atoms with van der Waals surface area (Å²) in [6.45, 7) is 0. The minimum Gasteiger partial charge on any atom is -0.253 e. The number of fused-ring (bicyclic) bond motifs is 1. The lowest BCUT2D eigenvalue weighted by Gasteiger charge is -2.24. The van der Waals surface area contributed by atoms with E-state index in [9.17, 15) is 0 Å². The smallest absolute Gasteiger partial charge is 0.0705 e. The van der Waals surface area contributed by atoms with Gasteiger partial charge in [-0.05, 0) is 30.9 Å². The van der Waals surface area contributed by atoms with Crippen LogP contribution < -0.4 is 0 Å². The molecule has 2 aromatic rings. The van der Waals surface area contributed by atoms with Gasteiger partial charge in [-0.3, -0.25) is 4.98 Å². The van der Waals surface area contributed by atoms with Crippen molar-refractivity contribution >= 4 is 26.8 Å². The maximum atomic E-state index is 4.82. The molecule has 1 heterocycles. The molecule has 1 aromatic carbocycles. The number of aromatic nitrogens is 1. The average molecular weight is 346 g/mol. The Balaban J connectivity index is 1.68. The van der Waals surface area contributed by atoms with Crippen LogP contribution in [0.4, 0.5) is 0 Å². The molecule has 3 rings (SSSR count). The number of benzene rings is 1. The normalized spacial score (nSPS) is 19.1. The lowest BCUT2D eigenvalue weighted by atomic mass is 9.87. The molecule has 0 N–H and O–H groups in total. The first kappa shape index (κ1) is 15.0. The Hall–Kier alpha value is -0.890. The number of rotatable bonds is 3. The van der Waals surface area contributed by atoms with Gasteiger partial charge in [0.25, 0.3) is 0 Å². The van der Waals surface area contributed by atoms with Gasteiger partial charge in [0, 0.05) is 22.3 Å². The molecule has 0 bridgehead atoms. The summed E-state index contributed by atoms with van der Waals surface area (Å²) in [7, 11) is 0. The Morgan fingerprint density at radius 2 is 1.67 bits per heavy atom. The molecule has 1 aliphatic carbocycles. The maximum absolute atomic E-state index is 4.82. The van der Waals surface area contributed by atoms with Crippen LogP contribution in [-0.2, 0) is 6.42 Å². The van der Waals surface area contributed by atoms with Crippen molar-refractivity contribution in [1.29, 1.82) is 0 Å². The van der Waals surface area contributed by atoms with Crippen LogP contribution in [0.1, 0.15) is 50.6 Å². The second-order valence-corrected chi connectivity index (χ2v) is 7.50. The summed E-state index contributed by atoms with van der Waals surface area (Å²) >= 11 is 3.96. The highest BCUT2D eigenvalue weighted by Crippen LogP contribution is 2.30. The SMILES string of the molecule is BrC(Cc1ccc2ccccc2n1)C1CCCCCCC1. The summed E-state index contributed by atoms with van der Waals surface area (Å²) in [5.41, 5.74) is 2.34. The molecule has 1 nitrogen and oxygen atoms in total. The largest absolute Gasteiger partial charge is 0.253 e. The summed E-state index contributed by atoms with van der Waals surface area (Å²) < 4.78 is 0. The Bertz CT molecular complexity index is 573. The van der Waals surface area contributed by atoms with Gasteiger partial charge in [-0.25, -0.2) is 0 Å². The van der Waals surface area contributed by atoms with Gasteiger partial charge in [0.15, 0.2) is 0 Å². The van der Waals surface area contributed by atoms with Crippen molar-refractivity contribution in [2.24, 2.45) is 5.92 Å². The maximum Gasteiger partial charge on any atom is 0.0705 e. The third-order valence-electron chi connectivity index (χ3n) is 4.72. The third-order valence-corrected chi connectivity index (χ3v) is 5.79. The first-order valence-electron chi connectivity index (χ1n) is 8.32. The topological polar surface area (TPSA) is 12.9 Å². The van der Waals surface area contributed by atoms with E-state index in [4.69, 9.17) is 4.98 Å². The van der Waals surface area contributed by atoms with Gasteiger partial charge < -0.3 is 0 Å². The van der Waals surface area contributed by atoms with Crippen molar-refractivity contribution in [2.45, 2.75) is 56.2 Å². The minimum atomic E-state index is 0.573. The van der Waals surface area contributed by atoms with Gasteiger partial charge in [0.1, 0.15) is 0 Å².